The minimum Gasteiger partial charge on any atom is -0.481 e. The van der Waals surface area contributed by atoms with E-state index in [2.05, 4.69) is 0 Å². The number of nitro groups is 1. The minimum atomic E-state index is -1.92. The summed E-state index contributed by atoms with van der Waals surface area (Å²) in [5.41, 5.74) is 5.78. The fourth-order valence-corrected chi connectivity index (χ4v) is 2.21. The zero-order valence-corrected chi connectivity index (χ0v) is 11.8. The number of rotatable bonds is 9. The molecule has 4 N–H and O–H groups in total. The van der Waals surface area contributed by atoms with Crippen LogP contribution in [0.1, 0.15) is 12.0 Å². The number of nitrogens with two attached hydrogens (primary N) is 1. The molecule has 0 aliphatic heterocycles. The second-order valence-corrected chi connectivity index (χ2v) is 4.87. The molecule has 8 heteroatoms. The SMILES string of the molecule is NCCC(O)C(C(C(=O)O)C(=O)Cc1ccccc1)[N+](=O)[O-]. The Bertz CT molecular complexity index is 533. The fraction of sp³-hybridized carbons (Fsp3) is 0.429. The largest absolute Gasteiger partial charge is 0.481 e. The molecule has 0 aliphatic rings. The Labute approximate surface area is 126 Å². The van der Waals surface area contributed by atoms with Crippen LogP contribution < -0.4 is 5.73 Å². The maximum Gasteiger partial charge on any atom is 0.321 e. The van der Waals surface area contributed by atoms with Crippen molar-refractivity contribution in [2.45, 2.75) is 25.0 Å². The summed E-state index contributed by atoms with van der Waals surface area (Å²) in [5.74, 6) is -4.37. The van der Waals surface area contributed by atoms with Gasteiger partial charge in [-0.25, -0.2) is 0 Å². The van der Waals surface area contributed by atoms with Crippen LogP contribution in [0, 0.1) is 16.0 Å². The third-order valence-electron chi connectivity index (χ3n) is 3.28. The van der Waals surface area contributed by atoms with Crippen LogP contribution in [0.15, 0.2) is 30.3 Å². The topological polar surface area (TPSA) is 144 Å². The van der Waals surface area contributed by atoms with E-state index >= 15 is 0 Å². The molecule has 1 rings (SSSR count). The molecule has 8 nitrogen and oxygen atoms in total. The second kappa shape index (κ2) is 8.20. The van der Waals surface area contributed by atoms with Crippen LogP contribution in [0.5, 0.6) is 0 Å². The number of aliphatic carboxylic acids is 1. The van der Waals surface area contributed by atoms with Crippen LogP contribution in [0.2, 0.25) is 0 Å². The summed E-state index contributed by atoms with van der Waals surface area (Å²) in [5, 5.41) is 30.1. The molecule has 0 fully saturated rings. The number of carboxylic acids is 1. The first-order valence-electron chi connectivity index (χ1n) is 6.69. The number of carbonyl (C=O) groups excluding carboxylic acids is 1. The third-order valence-corrected chi connectivity index (χ3v) is 3.28. The summed E-state index contributed by atoms with van der Waals surface area (Å²) in [6.07, 6.45) is -2.01. The second-order valence-electron chi connectivity index (χ2n) is 4.87. The highest BCUT2D eigenvalue weighted by molar-refractivity contribution is 5.99. The van der Waals surface area contributed by atoms with Crippen molar-refractivity contribution in [1.82, 2.24) is 0 Å². The monoisotopic (exact) mass is 310 g/mol. The quantitative estimate of drug-likeness (QED) is 0.327. The lowest BCUT2D eigenvalue weighted by atomic mass is 9.87. The molecule has 22 heavy (non-hydrogen) atoms. The van der Waals surface area contributed by atoms with E-state index < -0.39 is 34.7 Å². The first kappa shape index (κ1) is 17.7. The number of hydrogen-bond acceptors (Lipinski definition) is 6. The summed E-state index contributed by atoms with van der Waals surface area (Å²) in [4.78, 5) is 33.7. The zero-order valence-electron chi connectivity index (χ0n) is 11.8. The highest BCUT2D eigenvalue weighted by Gasteiger charge is 2.46. The Hall–Kier alpha value is -2.32. The molecule has 3 atom stereocenters. The van der Waals surface area contributed by atoms with Crippen LogP contribution >= 0.6 is 0 Å². The molecular weight excluding hydrogens is 292 g/mol. The summed E-state index contributed by atoms with van der Waals surface area (Å²) in [6, 6.07) is 6.40. The molecular formula is C14H18N2O6. The van der Waals surface area contributed by atoms with Gasteiger partial charge in [0.15, 0.2) is 11.7 Å². The molecule has 0 saturated heterocycles. The lowest BCUT2D eigenvalue weighted by Crippen LogP contribution is -2.48. The van der Waals surface area contributed by atoms with E-state index in [1.54, 1.807) is 30.3 Å². The minimum absolute atomic E-state index is 0.0509. The van der Waals surface area contributed by atoms with E-state index in [-0.39, 0.29) is 19.4 Å². The number of Topliss-reactive ketones (excluding diaryl/α,β-unsaturated/α-hetero) is 1. The van der Waals surface area contributed by atoms with Gasteiger partial charge in [-0.15, -0.1) is 0 Å². The molecule has 0 radical (unpaired) electrons. The Balaban J connectivity index is 3.01. The van der Waals surface area contributed by atoms with Gasteiger partial charge in [0.05, 0.1) is 0 Å². The van der Waals surface area contributed by atoms with Crippen molar-refractivity contribution in [3.05, 3.63) is 46.0 Å². The smallest absolute Gasteiger partial charge is 0.321 e. The maximum absolute atomic E-state index is 12.2. The van der Waals surface area contributed by atoms with Gasteiger partial charge in [-0.3, -0.25) is 19.7 Å². The predicted molar refractivity (Wildman–Crippen MR) is 76.7 cm³/mol. The van der Waals surface area contributed by atoms with E-state index in [1.807, 2.05) is 0 Å². The Morgan fingerprint density at radius 1 is 1.27 bits per heavy atom. The standard InChI is InChI=1S/C14H18N2O6/c15-7-6-10(17)13(16(21)22)12(14(19)20)11(18)8-9-4-2-1-3-5-9/h1-5,10,12-13,17H,6-8,15H2,(H,19,20). The number of carboxylic acid groups (broad SMARTS) is 1. The molecule has 0 bridgehead atoms. The summed E-state index contributed by atoms with van der Waals surface area (Å²) in [6.45, 7) is -0.0509. The van der Waals surface area contributed by atoms with Gasteiger partial charge in [-0.1, -0.05) is 30.3 Å². The molecule has 1 aromatic carbocycles. The highest BCUT2D eigenvalue weighted by atomic mass is 16.6. The molecule has 1 aromatic rings. The number of benzene rings is 1. The fourth-order valence-electron chi connectivity index (χ4n) is 2.21. The van der Waals surface area contributed by atoms with Crippen LogP contribution in [-0.4, -0.2) is 45.6 Å². The van der Waals surface area contributed by atoms with E-state index in [0.29, 0.717) is 5.56 Å². The van der Waals surface area contributed by atoms with Crippen molar-refractivity contribution in [2.24, 2.45) is 11.7 Å². The van der Waals surface area contributed by atoms with E-state index in [1.165, 1.54) is 0 Å². The normalized spacial score (nSPS) is 14.8. The van der Waals surface area contributed by atoms with Crippen LogP contribution in [0.3, 0.4) is 0 Å². The van der Waals surface area contributed by atoms with Gasteiger partial charge in [0, 0.05) is 11.3 Å². The highest BCUT2D eigenvalue weighted by Crippen LogP contribution is 2.18. The average molecular weight is 310 g/mol. The van der Waals surface area contributed by atoms with Crippen LogP contribution in [0.25, 0.3) is 0 Å². The van der Waals surface area contributed by atoms with Gasteiger partial charge in [0.25, 0.3) is 6.04 Å². The van der Waals surface area contributed by atoms with Gasteiger partial charge >= 0.3 is 5.97 Å². The summed E-state index contributed by atoms with van der Waals surface area (Å²) >= 11 is 0. The molecule has 0 amide bonds. The molecule has 0 aliphatic carbocycles. The summed E-state index contributed by atoms with van der Waals surface area (Å²) in [7, 11) is 0. The van der Waals surface area contributed by atoms with Gasteiger partial charge in [-0.2, -0.15) is 0 Å². The van der Waals surface area contributed by atoms with E-state index in [4.69, 9.17) is 5.73 Å². The van der Waals surface area contributed by atoms with Crippen molar-refractivity contribution in [3.63, 3.8) is 0 Å². The van der Waals surface area contributed by atoms with E-state index in [9.17, 15) is 29.9 Å². The number of hydrogen-bond donors (Lipinski definition) is 3. The van der Waals surface area contributed by atoms with Crippen molar-refractivity contribution >= 4 is 11.8 Å². The maximum atomic E-state index is 12.2. The Kier molecular flexibility index (Phi) is 6.61. The van der Waals surface area contributed by atoms with Gasteiger partial charge in [0.2, 0.25) is 0 Å². The van der Waals surface area contributed by atoms with Gasteiger partial charge in [0.1, 0.15) is 6.10 Å². The van der Waals surface area contributed by atoms with Gasteiger partial charge in [-0.05, 0) is 18.5 Å². The molecule has 0 heterocycles. The van der Waals surface area contributed by atoms with Crippen LogP contribution in [0.4, 0.5) is 0 Å². The lowest BCUT2D eigenvalue weighted by Gasteiger charge is -2.20. The first-order chi connectivity index (χ1) is 10.4. The molecule has 0 aromatic heterocycles. The van der Waals surface area contributed by atoms with Crippen LogP contribution in [-0.2, 0) is 16.0 Å². The van der Waals surface area contributed by atoms with Crippen molar-refractivity contribution in [1.29, 1.82) is 0 Å². The zero-order chi connectivity index (χ0) is 16.7. The lowest BCUT2D eigenvalue weighted by molar-refractivity contribution is -0.539. The Morgan fingerprint density at radius 2 is 1.86 bits per heavy atom. The number of nitrogens with zero attached hydrogens (tertiary/aromatic N) is 1. The van der Waals surface area contributed by atoms with Crippen molar-refractivity contribution < 1.29 is 24.7 Å². The number of aliphatic hydroxyl groups is 1. The Morgan fingerprint density at radius 3 is 2.32 bits per heavy atom. The molecule has 3 unspecified atom stereocenters. The van der Waals surface area contributed by atoms with E-state index in [0.717, 1.165) is 0 Å². The first-order valence-corrected chi connectivity index (χ1v) is 6.69. The summed E-state index contributed by atoms with van der Waals surface area (Å²) < 4.78 is 0. The average Bonchev–Trinajstić information content (AvgIpc) is 2.44. The number of aliphatic hydroxyl groups excluding tert-OH is 1. The molecule has 0 spiro atoms. The molecule has 0 saturated carbocycles. The third kappa shape index (κ3) is 4.61. The number of carbonyl (C=O) groups is 2. The predicted octanol–water partition coefficient (Wildman–Crippen LogP) is -0.146. The number of ketones is 1. The van der Waals surface area contributed by atoms with Crippen molar-refractivity contribution in [3.8, 4) is 0 Å². The molecule has 120 valence electrons. The van der Waals surface area contributed by atoms with Gasteiger partial charge < -0.3 is 15.9 Å². The van der Waals surface area contributed by atoms with Crippen molar-refractivity contribution in [2.75, 3.05) is 6.54 Å².